The van der Waals surface area contributed by atoms with Gasteiger partial charge in [-0.15, -0.1) is 0 Å². The third-order valence-electron chi connectivity index (χ3n) is 4.49. The first kappa shape index (κ1) is 17.8. The average molecular weight is 349 g/mol. The Labute approximate surface area is 153 Å². The number of para-hydroxylation sites is 1. The molecule has 3 rings (SSSR count). The zero-order valence-corrected chi connectivity index (χ0v) is 15.5. The summed E-state index contributed by atoms with van der Waals surface area (Å²) in [6.45, 7) is 3.60. The molecule has 1 heterocycles. The molecule has 4 nitrogen and oxygen atoms in total. The number of methoxy groups -OCH3 is 1. The van der Waals surface area contributed by atoms with E-state index in [1.54, 1.807) is 13.8 Å². The Morgan fingerprint density at radius 2 is 1.81 bits per heavy atom. The first-order valence-corrected chi connectivity index (χ1v) is 8.50. The molecule has 0 bridgehead atoms. The lowest BCUT2D eigenvalue weighted by Gasteiger charge is -2.25. The van der Waals surface area contributed by atoms with Crippen molar-refractivity contribution < 1.29 is 14.3 Å². The molecule has 0 saturated carbocycles. The maximum absolute atomic E-state index is 12.3. The summed E-state index contributed by atoms with van der Waals surface area (Å²) in [5, 5.41) is 1.14. The third-order valence-corrected chi connectivity index (χ3v) is 4.49. The number of aryl methyl sites for hydroxylation is 1. The molecule has 0 saturated heterocycles. The van der Waals surface area contributed by atoms with Crippen molar-refractivity contribution in [1.82, 2.24) is 4.57 Å². The van der Waals surface area contributed by atoms with E-state index in [4.69, 9.17) is 9.47 Å². The summed E-state index contributed by atoms with van der Waals surface area (Å²) >= 11 is 0. The van der Waals surface area contributed by atoms with E-state index in [9.17, 15) is 4.79 Å². The first-order chi connectivity index (χ1) is 12.4. The zero-order valence-electron chi connectivity index (χ0n) is 15.5. The molecule has 0 aliphatic heterocycles. The van der Waals surface area contributed by atoms with E-state index in [0.717, 1.165) is 16.5 Å². The fourth-order valence-corrected chi connectivity index (χ4v) is 2.85. The van der Waals surface area contributed by atoms with Gasteiger partial charge in [0.25, 0.3) is 0 Å². The highest BCUT2D eigenvalue weighted by molar-refractivity contribution is 5.84. The molecule has 134 valence electrons. The van der Waals surface area contributed by atoms with Crippen LogP contribution < -0.4 is 4.74 Å². The van der Waals surface area contributed by atoms with Crippen molar-refractivity contribution >= 4 is 22.9 Å². The predicted octanol–water partition coefficient (Wildman–Crippen LogP) is 4.80. The van der Waals surface area contributed by atoms with Crippen LogP contribution in [-0.2, 0) is 16.6 Å². The highest BCUT2D eigenvalue weighted by Crippen LogP contribution is 2.32. The van der Waals surface area contributed by atoms with Gasteiger partial charge in [0, 0.05) is 24.1 Å². The largest absolute Gasteiger partial charge is 0.468 e. The summed E-state index contributed by atoms with van der Waals surface area (Å²) in [6.07, 6.45) is 3.92. The average Bonchev–Trinajstić information content (AvgIpc) is 3.01. The maximum Gasteiger partial charge on any atom is 0.318 e. The van der Waals surface area contributed by atoms with Gasteiger partial charge in [-0.1, -0.05) is 24.3 Å². The Bertz CT molecular complexity index is 952. The molecule has 0 unspecified atom stereocenters. The molecule has 0 N–H and O–H groups in total. The van der Waals surface area contributed by atoms with Crippen molar-refractivity contribution in [3.8, 4) is 5.75 Å². The van der Waals surface area contributed by atoms with E-state index in [1.807, 2.05) is 55.7 Å². The standard InChI is InChI=1S/C22H23NO3/c1-22(2,21(24)25-4)20(26-18-8-6-5-7-9-18)15-16-10-11-19-17(14-16)12-13-23(19)3/h5-15H,1-4H3/b20-15+. The number of carbonyl (C=O) groups is 1. The Kier molecular flexibility index (Phi) is 4.85. The summed E-state index contributed by atoms with van der Waals surface area (Å²) in [5.74, 6) is 0.864. The van der Waals surface area contributed by atoms with Gasteiger partial charge >= 0.3 is 5.97 Å². The van der Waals surface area contributed by atoms with Crippen LogP contribution in [0.15, 0.2) is 66.6 Å². The second-order valence-electron chi connectivity index (χ2n) is 6.79. The minimum Gasteiger partial charge on any atom is -0.468 e. The van der Waals surface area contributed by atoms with Gasteiger partial charge in [-0.25, -0.2) is 0 Å². The maximum atomic E-state index is 12.3. The molecule has 0 radical (unpaired) electrons. The minimum absolute atomic E-state index is 0.347. The van der Waals surface area contributed by atoms with E-state index in [2.05, 4.69) is 22.8 Å². The number of carbonyl (C=O) groups excluding carboxylic acids is 1. The Hall–Kier alpha value is -3.01. The van der Waals surface area contributed by atoms with Gasteiger partial charge in [0.1, 0.15) is 16.9 Å². The van der Waals surface area contributed by atoms with Gasteiger partial charge in [-0.05, 0) is 55.8 Å². The fraction of sp³-hybridized carbons (Fsp3) is 0.227. The molecule has 0 aliphatic carbocycles. The van der Waals surface area contributed by atoms with Crippen LogP contribution in [0.2, 0.25) is 0 Å². The van der Waals surface area contributed by atoms with Gasteiger partial charge < -0.3 is 14.0 Å². The molecular formula is C22H23NO3. The number of ether oxygens (including phenoxy) is 2. The van der Waals surface area contributed by atoms with Crippen molar-refractivity contribution in [2.45, 2.75) is 13.8 Å². The number of benzene rings is 2. The Morgan fingerprint density at radius 3 is 2.50 bits per heavy atom. The number of aromatic nitrogens is 1. The highest BCUT2D eigenvalue weighted by atomic mass is 16.5. The smallest absolute Gasteiger partial charge is 0.318 e. The minimum atomic E-state index is -0.920. The Balaban J connectivity index is 2.05. The first-order valence-electron chi connectivity index (χ1n) is 8.50. The predicted molar refractivity (Wildman–Crippen MR) is 104 cm³/mol. The summed E-state index contributed by atoms with van der Waals surface area (Å²) in [5.41, 5.74) is 1.20. The van der Waals surface area contributed by atoms with Gasteiger partial charge in [0.2, 0.25) is 0 Å². The van der Waals surface area contributed by atoms with E-state index in [1.165, 1.54) is 7.11 Å². The summed E-state index contributed by atoms with van der Waals surface area (Å²) in [6, 6.07) is 17.7. The molecule has 26 heavy (non-hydrogen) atoms. The quantitative estimate of drug-likeness (QED) is 0.491. The summed E-state index contributed by atoms with van der Waals surface area (Å²) in [7, 11) is 3.41. The molecule has 0 spiro atoms. The Morgan fingerprint density at radius 1 is 1.08 bits per heavy atom. The van der Waals surface area contributed by atoms with Crippen molar-refractivity contribution in [3.63, 3.8) is 0 Å². The number of rotatable bonds is 5. The second-order valence-corrected chi connectivity index (χ2v) is 6.79. The van der Waals surface area contributed by atoms with Crippen LogP contribution >= 0.6 is 0 Å². The number of hydrogen-bond acceptors (Lipinski definition) is 3. The second kappa shape index (κ2) is 7.08. The topological polar surface area (TPSA) is 40.5 Å². The van der Waals surface area contributed by atoms with Crippen LogP contribution in [0, 0.1) is 5.41 Å². The van der Waals surface area contributed by atoms with Gasteiger partial charge in [-0.2, -0.15) is 0 Å². The van der Waals surface area contributed by atoms with Gasteiger partial charge in [0.05, 0.1) is 7.11 Å². The van der Waals surface area contributed by atoms with Crippen LogP contribution in [0.5, 0.6) is 5.75 Å². The van der Waals surface area contributed by atoms with E-state index < -0.39 is 5.41 Å². The zero-order chi connectivity index (χ0) is 18.7. The molecule has 0 atom stereocenters. The lowest BCUT2D eigenvalue weighted by atomic mass is 9.89. The van der Waals surface area contributed by atoms with Crippen LogP contribution in [-0.4, -0.2) is 17.6 Å². The molecule has 2 aromatic carbocycles. The summed E-state index contributed by atoms with van der Waals surface area (Å²) < 4.78 is 13.1. The lowest BCUT2D eigenvalue weighted by Crippen LogP contribution is -2.30. The molecule has 0 fully saturated rings. The number of nitrogens with zero attached hydrogens (tertiary/aromatic N) is 1. The van der Waals surface area contributed by atoms with Crippen LogP contribution in [0.1, 0.15) is 19.4 Å². The fourth-order valence-electron chi connectivity index (χ4n) is 2.85. The SMILES string of the molecule is COC(=O)C(C)(C)/C(=C\c1ccc2c(ccn2C)c1)Oc1ccccc1. The van der Waals surface area contributed by atoms with Crippen molar-refractivity contribution in [3.05, 3.63) is 72.1 Å². The molecule has 4 heteroatoms. The van der Waals surface area contributed by atoms with E-state index in [-0.39, 0.29) is 5.97 Å². The molecule has 0 aliphatic rings. The molecule has 3 aromatic rings. The van der Waals surface area contributed by atoms with Crippen molar-refractivity contribution in [2.24, 2.45) is 12.5 Å². The van der Waals surface area contributed by atoms with Crippen LogP contribution in [0.25, 0.3) is 17.0 Å². The van der Waals surface area contributed by atoms with Crippen LogP contribution in [0.4, 0.5) is 0 Å². The third kappa shape index (κ3) is 3.49. The van der Waals surface area contributed by atoms with Crippen LogP contribution in [0.3, 0.4) is 0 Å². The highest BCUT2D eigenvalue weighted by Gasteiger charge is 2.35. The molecule has 1 aromatic heterocycles. The van der Waals surface area contributed by atoms with Crippen molar-refractivity contribution in [1.29, 1.82) is 0 Å². The summed E-state index contributed by atoms with van der Waals surface area (Å²) in [4.78, 5) is 12.3. The lowest BCUT2D eigenvalue weighted by molar-refractivity contribution is -0.149. The number of fused-ring (bicyclic) bond motifs is 1. The normalized spacial score (nSPS) is 12.2. The molecule has 0 amide bonds. The van der Waals surface area contributed by atoms with Crippen molar-refractivity contribution in [2.75, 3.05) is 7.11 Å². The van der Waals surface area contributed by atoms with E-state index >= 15 is 0 Å². The van der Waals surface area contributed by atoms with Gasteiger partial charge in [-0.3, -0.25) is 4.79 Å². The van der Waals surface area contributed by atoms with Gasteiger partial charge in [0.15, 0.2) is 0 Å². The van der Waals surface area contributed by atoms with E-state index in [0.29, 0.717) is 11.5 Å². The number of esters is 1. The number of hydrogen-bond donors (Lipinski definition) is 0. The monoisotopic (exact) mass is 349 g/mol. The molecular weight excluding hydrogens is 326 g/mol.